The van der Waals surface area contributed by atoms with Gasteiger partial charge in [0.15, 0.2) is 11.5 Å². The molecular weight excluding hydrogens is 388 g/mol. The van der Waals surface area contributed by atoms with Gasteiger partial charge in [-0.3, -0.25) is 4.79 Å². The van der Waals surface area contributed by atoms with Crippen LogP contribution in [0.5, 0.6) is 11.5 Å². The van der Waals surface area contributed by atoms with Crippen molar-refractivity contribution in [2.45, 2.75) is 26.3 Å². The lowest BCUT2D eigenvalue weighted by Gasteiger charge is -2.12. The van der Waals surface area contributed by atoms with Crippen LogP contribution in [0.3, 0.4) is 0 Å². The Labute approximate surface area is 184 Å². The standard InChI is InChI=1S/C26H30N2O3/c1-4-21-9-5-6-11-23(21)28-18-20-8-7-10-22(16-20)26(29)27-15-14-19-12-13-24(30-2)25(17-19)31-3/h5-13,16-17,28H,4,14-15,18H2,1-3H3,(H,27,29). The van der Waals surface area contributed by atoms with Gasteiger partial charge in [-0.2, -0.15) is 0 Å². The van der Waals surface area contributed by atoms with Crippen molar-refractivity contribution in [1.29, 1.82) is 0 Å². The minimum atomic E-state index is -0.0729. The molecule has 0 aliphatic heterocycles. The number of anilines is 1. The highest BCUT2D eigenvalue weighted by Crippen LogP contribution is 2.27. The Morgan fingerprint density at radius 1 is 0.871 bits per heavy atom. The minimum absolute atomic E-state index is 0.0729. The van der Waals surface area contributed by atoms with E-state index in [0.29, 0.717) is 36.6 Å². The lowest BCUT2D eigenvalue weighted by Crippen LogP contribution is -2.25. The summed E-state index contributed by atoms with van der Waals surface area (Å²) in [7, 11) is 3.23. The quantitative estimate of drug-likeness (QED) is 0.494. The predicted molar refractivity (Wildman–Crippen MR) is 125 cm³/mol. The molecule has 0 saturated carbocycles. The molecule has 3 aromatic carbocycles. The second-order valence-corrected chi connectivity index (χ2v) is 7.26. The number of hydrogen-bond acceptors (Lipinski definition) is 4. The molecule has 0 fully saturated rings. The molecule has 5 heteroatoms. The number of carbonyl (C=O) groups is 1. The summed E-state index contributed by atoms with van der Waals surface area (Å²) in [6.45, 7) is 3.36. The summed E-state index contributed by atoms with van der Waals surface area (Å²) in [4.78, 5) is 12.6. The van der Waals surface area contributed by atoms with Gasteiger partial charge in [0, 0.05) is 24.3 Å². The highest BCUT2D eigenvalue weighted by molar-refractivity contribution is 5.94. The van der Waals surface area contributed by atoms with E-state index < -0.39 is 0 Å². The summed E-state index contributed by atoms with van der Waals surface area (Å²) in [5.41, 5.74) is 5.22. The zero-order valence-corrected chi connectivity index (χ0v) is 18.4. The SMILES string of the molecule is CCc1ccccc1NCc1cccc(C(=O)NCCc2ccc(OC)c(OC)c2)c1. The number of methoxy groups -OCH3 is 2. The number of hydrogen-bond donors (Lipinski definition) is 2. The maximum Gasteiger partial charge on any atom is 0.251 e. The van der Waals surface area contributed by atoms with E-state index in [2.05, 4.69) is 35.8 Å². The van der Waals surface area contributed by atoms with Gasteiger partial charge in [-0.1, -0.05) is 43.3 Å². The van der Waals surface area contributed by atoms with Gasteiger partial charge in [-0.15, -0.1) is 0 Å². The second kappa shape index (κ2) is 11.1. The van der Waals surface area contributed by atoms with Gasteiger partial charge < -0.3 is 20.1 Å². The van der Waals surface area contributed by atoms with Gasteiger partial charge in [0.2, 0.25) is 0 Å². The molecule has 0 aromatic heterocycles. The molecule has 0 atom stereocenters. The lowest BCUT2D eigenvalue weighted by molar-refractivity contribution is 0.0954. The average molecular weight is 419 g/mol. The molecule has 0 heterocycles. The number of benzene rings is 3. The molecule has 5 nitrogen and oxygen atoms in total. The van der Waals surface area contributed by atoms with Crippen LogP contribution in [0.1, 0.15) is 34.0 Å². The van der Waals surface area contributed by atoms with Crippen molar-refractivity contribution in [3.8, 4) is 11.5 Å². The molecular formula is C26H30N2O3. The summed E-state index contributed by atoms with van der Waals surface area (Å²) in [6, 6.07) is 21.8. The van der Waals surface area contributed by atoms with Crippen LogP contribution in [0.15, 0.2) is 66.7 Å². The van der Waals surface area contributed by atoms with Crippen molar-refractivity contribution in [2.24, 2.45) is 0 Å². The van der Waals surface area contributed by atoms with Gasteiger partial charge in [0.05, 0.1) is 14.2 Å². The Morgan fingerprint density at radius 3 is 2.45 bits per heavy atom. The van der Waals surface area contributed by atoms with Crippen molar-refractivity contribution >= 4 is 11.6 Å². The Bertz CT molecular complexity index is 1020. The zero-order valence-electron chi connectivity index (χ0n) is 18.4. The Balaban J connectivity index is 1.55. The number of amides is 1. The summed E-state index contributed by atoms with van der Waals surface area (Å²) in [5.74, 6) is 1.31. The molecule has 0 aliphatic rings. The molecule has 0 radical (unpaired) electrons. The number of nitrogens with one attached hydrogen (secondary N) is 2. The smallest absolute Gasteiger partial charge is 0.251 e. The van der Waals surface area contributed by atoms with Gasteiger partial charge in [-0.05, 0) is 59.9 Å². The average Bonchev–Trinajstić information content (AvgIpc) is 2.82. The van der Waals surface area contributed by atoms with Gasteiger partial charge in [0.1, 0.15) is 0 Å². The van der Waals surface area contributed by atoms with Crippen molar-refractivity contribution in [1.82, 2.24) is 5.32 Å². The Hall–Kier alpha value is -3.47. The Morgan fingerprint density at radius 2 is 1.68 bits per heavy atom. The minimum Gasteiger partial charge on any atom is -0.493 e. The third-order valence-corrected chi connectivity index (χ3v) is 5.22. The van der Waals surface area contributed by atoms with Gasteiger partial charge in [-0.25, -0.2) is 0 Å². The summed E-state index contributed by atoms with van der Waals surface area (Å²) >= 11 is 0. The normalized spacial score (nSPS) is 10.4. The molecule has 0 bridgehead atoms. The predicted octanol–water partition coefficient (Wildman–Crippen LogP) is 4.85. The van der Waals surface area contributed by atoms with E-state index in [1.54, 1.807) is 14.2 Å². The van der Waals surface area contributed by atoms with E-state index >= 15 is 0 Å². The lowest BCUT2D eigenvalue weighted by atomic mass is 10.1. The van der Waals surface area contributed by atoms with Crippen LogP contribution in [-0.2, 0) is 19.4 Å². The van der Waals surface area contributed by atoms with E-state index in [-0.39, 0.29) is 5.91 Å². The first kappa shape index (κ1) is 22.2. The van der Waals surface area contributed by atoms with Crippen molar-refractivity contribution in [3.63, 3.8) is 0 Å². The fourth-order valence-electron chi connectivity index (χ4n) is 3.48. The van der Waals surface area contributed by atoms with Crippen molar-refractivity contribution < 1.29 is 14.3 Å². The number of rotatable bonds is 10. The highest BCUT2D eigenvalue weighted by Gasteiger charge is 2.08. The van der Waals surface area contributed by atoms with Crippen molar-refractivity contribution in [3.05, 3.63) is 89.0 Å². The Kier molecular flexibility index (Phi) is 7.93. The van der Waals surface area contributed by atoms with Crippen molar-refractivity contribution in [2.75, 3.05) is 26.1 Å². The molecule has 0 saturated heterocycles. The monoisotopic (exact) mass is 418 g/mol. The van der Waals surface area contributed by atoms with Crippen LogP contribution in [-0.4, -0.2) is 26.7 Å². The van der Waals surface area contributed by atoms with E-state index in [1.807, 2.05) is 48.5 Å². The van der Waals surface area contributed by atoms with Crippen LogP contribution < -0.4 is 20.1 Å². The molecule has 31 heavy (non-hydrogen) atoms. The van der Waals surface area contributed by atoms with E-state index in [0.717, 1.165) is 23.2 Å². The summed E-state index contributed by atoms with van der Waals surface area (Å²) in [6.07, 6.45) is 1.69. The van der Waals surface area contributed by atoms with Gasteiger partial charge >= 0.3 is 0 Å². The first-order valence-corrected chi connectivity index (χ1v) is 10.5. The number of ether oxygens (including phenoxy) is 2. The van der Waals surface area contributed by atoms with Crippen LogP contribution in [0.2, 0.25) is 0 Å². The molecule has 0 aliphatic carbocycles. The van der Waals surface area contributed by atoms with E-state index in [1.165, 1.54) is 5.56 Å². The molecule has 2 N–H and O–H groups in total. The van der Waals surface area contributed by atoms with Gasteiger partial charge in [0.25, 0.3) is 5.91 Å². The van der Waals surface area contributed by atoms with Crippen LogP contribution in [0, 0.1) is 0 Å². The first-order chi connectivity index (χ1) is 15.1. The fraction of sp³-hybridized carbons (Fsp3) is 0.269. The molecule has 3 rings (SSSR count). The zero-order chi connectivity index (χ0) is 22.1. The third-order valence-electron chi connectivity index (χ3n) is 5.22. The van der Waals surface area contributed by atoms with E-state index in [4.69, 9.17) is 9.47 Å². The fourth-order valence-corrected chi connectivity index (χ4v) is 3.48. The number of carbonyl (C=O) groups excluding carboxylic acids is 1. The highest BCUT2D eigenvalue weighted by atomic mass is 16.5. The topological polar surface area (TPSA) is 59.6 Å². The maximum absolute atomic E-state index is 12.6. The van der Waals surface area contributed by atoms with Crippen LogP contribution in [0.4, 0.5) is 5.69 Å². The van der Waals surface area contributed by atoms with E-state index in [9.17, 15) is 4.79 Å². The third kappa shape index (κ3) is 6.01. The number of aryl methyl sites for hydroxylation is 1. The molecule has 0 spiro atoms. The van der Waals surface area contributed by atoms with Crippen LogP contribution in [0.25, 0.3) is 0 Å². The largest absolute Gasteiger partial charge is 0.493 e. The molecule has 0 unspecified atom stereocenters. The number of para-hydroxylation sites is 1. The molecule has 162 valence electrons. The first-order valence-electron chi connectivity index (χ1n) is 10.5. The second-order valence-electron chi connectivity index (χ2n) is 7.26. The molecule has 1 amide bonds. The summed E-state index contributed by atoms with van der Waals surface area (Å²) in [5, 5.41) is 6.48. The summed E-state index contributed by atoms with van der Waals surface area (Å²) < 4.78 is 10.6. The maximum atomic E-state index is 12.6. The molecule has 3 aromatic rings. The van der Waals surface area contributed by atoms with Crippen LogP contribution >= 0.6 is 0 Å².